The average molecular weight is 861 g/mol. The molecule has 2 heteroatoms. The smallest absolute Gasteiger partial charge is 0.0257 e. The van der Waals surface area contributed by atoms with E-state index < -0.39 is 0 Å². The molecular formula is C52H76Br2. The molecule has 0 aliphatic heterocycles. The van der Waals surface area contributed by atoms with Crippen molar-refractivity contribution in [1.82, 2.24) is 0 Å². The van der Waals surface area contributed by atoms with Gasteiger partial charge in [0.1, 0.15) is 0 Å². The molecule has 0 spiro atoms. The van der Waals surface area contributed by atoms with Gasteiger partial charge in [0.25, 0.3) is 0 Å². The lowest BCUT2D eigenvalue weighted by molar-refractivity contribution is 0.375. The molecule has 0 bridgehead atoms. The Balaban J connectivity index is 1.65. The molecule has 3 aliphatic carbocycles. The second-order valence-corrected chi connectivity index (χ2v) is 19.3. The van der Waals surface area contributed by atoms with Crippen molar-refractivity contribution in [3.63, 3.8) is 0 Å². The fraction of sp³-hybridized carbons (Fsp3) is 0.654. The molecule has 0 saturated heterocycles. The van der Waals surface area contributed by atoms with E-state index in [0.29, 0.717) is 0 Å². The van der Waals surface area contributed by atoms with E-state index >= 15 is 0 Å². The zero-order chi connectivity index (χ0) is 38.2. The summed E-state index contributed by atoms with van der Waals surface area (Å²) in [5.74, 6) is 0. The first-order valence-electron chi connectivity index (χ1n) is 23.3. The summed E-state index contributed by atoms with van der Waals surface area (Å²) in [4.78, 5) is 0. The minimum absolute atomic E-state index is 0.0655. The summed E-state index contributed by atoms with van der Waals surface area (Å²) in [5, 5.41) is 2.95. The highest BCUT2D eigenvalue weighted by Gasteiger charge is 2.51. The molecule has 0 fully saturated rings. The third-order valence-corrected chi connectivity index (χ3v) is 14.6. The van der Waals surface area contributed by atoms with Crippen molar-refractivity contribution in [2.45, 2.75) is 213 Å². The number of allylic oxidation sites excluding steroid dienone is 4. The quantitative estimate of drug-likeness (QED) is 0.0748. The maximum Gasteiger partial charge on any atom is 0.0257 e. The Morgan fingerprint density at radius 2 is 0.981 bits per heavy atom. The van der Waals surface area contributed by atoms with Gasteiger partial charge in [0.2, 0.25) is 0 Å². The van der Waals surface area contributed by atoms with Crippen LogP contribution in [0.5, 0.6) is 0 Å². The van der Waals surface area contributed by atoms with Gasteiger partial charge in [0.05, 0.1) is 0 Å². The van der Waals surface area contributed by atoms with Crippen LogP contribution in [0.3, 0.4) is 0 Å². The van der Waals surface area contributed by atoms with Crippen molar-refractivity contribution >= 4 is 49.1 Å². The first-order valence-corrected chi connectivity index (χ1v) is 24.8. The van der Waals surface area contributed by atoms with Crippen LogP contribution in [0.25, 0.3) is 17.2 Å². The molecule has 0 atom stereocenters. The second-order valence-electron chi connectivity index (χ2n) is 17.6. The highest BCUT2D eigenvalue weighted by Crippen LogP contribution is 2.64. The summed E-state index contributed by atoms with van der Waals surface area (Å²) in [6.07, 6.45) is 43.2. The molecule has 2 aromatic rings. The Bertz CT molecular complexity index is 1620. The fourth-order valence-electron chi connectivity index (χ4n) is 10.6. The monoisotopic (exact) mass is 858 g/mol. The van der Waals surface area contributed by atoms with Gasteiger partial charge in [-0.2, -0.15) is 0 Å². The highest BCUT2D eigenvalue weighted by atomic mass is 79.9. The molecule has 54 heavy (non-hydrogen) atoms. The lowest BCUT2D eigenvalue weighted by Gasteiger charge is -2.42. The summed E-state index contributed by atoms with van der Waals surface area (Å²) in [6.45, 7) is 9.37. The first-order chi connectivity index (χ1) is 26.5. The van der Waals surface area contributed by atoms with Crippen LogP contribution in [-0.2, 0) is 5.41 Å². The average Bonchev–Trinajstić information content (AvgIpc) is 3.69. The normalized spacial score (nSPS) is 16.3. The maximum atomic E-state index is 4.17. The number of hydrogen-bond donors (Lipinski definition) is 0. The van der Waals surface area contributed by atoms with Crippen LogP contribution in [0, 0.1) is 5.41 Å². The van der Waals surface area contributed by atoms with Crippen molar-refractivity contribution in [3.05, 3.63) is 84.1 Å². The summed E-state index contributed by atoms with van der Waals surface area (Å²) in [5.41, 5.74) is 9.95. The molecule has 0 amide bonds. The molecule has 0 saturated carbocycles. The molecule has 3 aliphatic rings. The number of rotatable bonds is 28. The molecule has 0 heterocycles. The third-order valence-electron chi connectivity index (χ3n) is 13.5. The van der Waals surface area contributed by atoms with Gasteiger partial charge < -0.3 is 0 Å². The second kappa shape index (κ2) is 22.5. The Morgan fingerprint density at radius 3 is 1.50 bits per heavy atom. The minimum atomic E-state index is 0.0655. The van der Waals surface area contributed by atoms with E-state index in [9.17, 15) is 0 Å². The fourth-order valence-corrected chi connectivity index (χ4v) is 11.5. The van der Waals surface area contributed by atoms with Crippen LogP contribution in [0.2, 0.25) is 0 Å². The summed E-state index contributed by atoms with van der Waals surface area (Å²) in [7, 11) is 0. The number of unbranched alkanes of at least 4 members (excludes halogenated alkanes) is 20. The number of fused-ring (bicyclic) bond motifs is 5. The topological polar surface area (TPSA) is 0 Å². The van der Waals surface area contributed by atoms with Crippen molar-refractivity contribution in [2.75, 3.05) is 0 Å². The van der Waals surface area contributed by atoms with Crippen molar-refractivity contribution in [3.8, 4) is 0 Å². The van der Waals surface area contributed by atoms with Gasteiger partial charge in [-0.25, -0.2) is 0 Å². The Hall–Kier alpha value is -1.38. The van der Waals surface area contributed by atoms with Crippen LogP contribution < -0.4 is 10.4 Å². The first kappa shape index (κ1) is 43.7. The van der Waals surface area contributed by atoms with E-state index in [1.807, 2.05) is 0 Å². The molecule has 0 N–H and O–H groups in total. The number of halogens is 2. The maximum absolute atomic E-state index is 4.17. The van der Waals surface area contributed by atoms with Crippen LogP contribution in [0.4, 0.5) is 0 Å². The molecule has 0 nitrogen and oxygen atoms in total. The van der Waals surface area contributed by atoms with Crippen LogP contribution in [-0.4, -0.2) is 0 Å². The Kier molecular flexibility index (Phi) is 18.2. The SMILES string of the molecule is CCCCCCCCC1(CCCCCCCC)C=C2C(=C3C=c4cccc(Br)c4=C31)C(CCCCCCCC)(CCCCCCCC)c1cc(Br)ccc12. The lowest BCUT2D eigenvalue weighted by atomic mass is 9.61. The van der Waals surface area contributed by atoms with Crippen molar-refractivity contribution in [2.24, 2.45) is 5.41 Å². The van der Waals surface area contributed by atoms with Gasteiger partial charge >= 0.3 is 0 Å². The molecular weight excluding hydrogens is 784 g/mol. The van der Waals surface area contributed by atoms with Crippen LogP contribution in [0.15, 0.2) is 62.6 Å². The Labute approximate surface area is 349 Å². The summed E-state index contributed by atoms with van der Waals surface area (Å²) in [6, 6.07) is 14.4. The highest BCUT2D eigenvalue weighted by molar-refractivity contribution is 9.10. The van der Waals surface area contributed by atoms with E-state index in [2.05, 4.69) is 108 Å². The van der Waals surface area contributed by atoms with Gasteiger partial charge in [0, 0.05) is 25.0 Å². The molecule has 298 valence electrons. The minimum Gasteiger partial charge on any atom is -0.0657 e. The van der Waals surface area contributed by atoms with Gasteiger partial charge in [-0.15, -0.1) is 0 Å². The largest absolute Gasteiger partial charge is 0.0657 e. The third kappa shape index (κ3) is 10.6. The Morgan fingerprint density at radius 1 is 0.500 bits per heavy atom. The number of hydrogen-bond acceptors (Lipinski definition) is 0. The lowest BCUT2D eigenvalue weighted by Crippen LogP contribution is -2.34. The van der Waals surface area contributed by atoms with E-state index in [1.54, 1.807) is 33.4 Å². The van der Waals surface area contributed by atoms with Crippen LogP contribution in [0.1, 0.15) is 219 Å². The van der Waals surface area contributed by atoms with Crippen molar-refractivity contribution < 1.29 is 0 Å². The van der Waals surface area contributed by atoms with E-state index in [-0.39, 0.29) is 10.8 Å². The molecule has 0 unspecified atom stereocenters. The predicted octanol–water partition coefficient (Wildman–Crippen LogP) is 16.8. The summed E-state index contributed by atoms with van der Waals surface area (Å²) >= 11 is 8.19. The van der Waals surface area contributed by atoms with Crippen LogP contribution >= 0.6 is 31.9 Å². The van der Waals surface area contributed by atoms with E-state index in [1.165, 1.54) is 199 Å². The van der Waals surface area contributed by atoms with E-state index in [4.69, 9.17) is 0 Å². The van der Waals surface area contributed by atoms with Gasteiger partial charge in [-0.3, -0.25) is 0 Å². The predicted molar refractivity (Wildman–Crippen MR) is 246 cm³/mol. The molecule has 5 rings (SSSR count). The molecule has 0 aromatic heterocycles. The zero-order valence-electron chi connectivity index (χ0n) is 35.2. The van der Waals surface area contributed by atoms with Gasteiger partial charge in [-0.05, 0) is 88.6 Å². The van der Waals surface area contributed by atoms with E-state index in [0.717, 1.165) is 0 Å². The molecule has 2 aromatic carbocycles. The zero-order valence-corrected chi connectivity index (χ0v) is 38.3. The number of benzene rings is 2. The van der Waals surface area contributed by atoms with Gasteiger partial charge in [-0.1, -0.05) is 238 Å². The van der Waals surface area contributed by atoms with Gasteiger partial charge in [0.15, 0.2) is 0 Å². The standard InChI is InChI=1S/C52H76Br2/c1-5-9-13-17-21-25-34-51(35-26-22-18-14-10-6-2)40-45-43-33-32-42(53)39-46(43)52(36-27-23-19-15-11-7-3,37-28-24-20-16-12-8-4)49(45)44-38-41-30-29-31-47(54)48(41)50(44)51/h29-33,38-40H,5-28,34-37H2,1-4H3. The molecule has 0 radical (unpaired) electrons. The van der Waals surface area contributed by atoms with Crippen molar-refractivity contribution in [1.29, 1.82) is 0 Å². The summed E-state index contributed by atoms with van der Waals surface area (Å²) < 4.78 is 2.54.